The topological polar surface area (TPSA) is 64.5 Å². The summed E-state index contributed by atoms with van der Waals surface area (Å²) in [7, 11) is 1.36. The zero-order chi connectivity index (χ0) is 15.8. The number of hydrogen-bond acceptors (Lipinski definition) is 6. The quantitative estimate of drug-likeness (QED) is 0.678. The Hall–Kier alpha value is -3.15. The minimum absolute atomic E-state index is 0.0386. The Balaban J connectivity index is 1.91. The lowest BCUT2D eigenvalue weighted by molar-refractivity contribution is -0.138. The zero-order valence-electron chi connectivity index (χ0n) is 12.4. The maximum Gasteiger partial charge on any atom is 0.325 e. The number of carbonyl (C=O) groups excluding carboxylic acids is 1. The summed E-state index contributed by atoms with van der Waals surface area (Å²) in [5, 5.41) is 0. The van der Waals surface area contributed by atoms with E-state index in [1.807, 2.05) is 48.5 Å². The third-order valence-electron chi connectivity index (χ3n) is 3.65. The summed E-state index contributed by atoms with van der Waals surface area (Å²) in [4.78, 5) is 22.7. The molecule has 6 nitrogen and oxygen atoms in total. The average Bonchev–Trinajstić information content (AvgIpc) is 2.59. The predicted molar refractivity (Wildman–Crippen MR) is 85.1 cm³/mol. The van der Waals surface area contributed by atoms with E-state index in [9.17, 15) is 4.79 Å². The Bertz CT molecular complexity index is 910. The summed E-state index contributed by atoms with van der Waals surface area (Å²) < 4.78 is 10.7. The molecule has 23 heavy (non-hydrogen) atoms. The van der Waals surface area contributed by atoms with Gasteiger partial charge in [0.2, 0.25) is 0 Å². The van der Waals surface area contributed by atoms with Crippen LogP contribution in [0.3, 0.4) is 0 Å². The smallest absolute Gasteiger partial charge is 0.325 e. The molecule has 0 bridgehead atoms. The molecule has 0 radical (unpaired) electrons. The molecule has 0 spiro atoms. The van der Waals surface area contributed by atoms with Gasteiger partial charge in [-0.25, -0.2) is 9.97 Å². The lowest BCUT2D eigenvalue weighted by Gasteiger charge is -2.30. The van der Waals surface area contributed by atoms with Gasteiger partial charge in [-0.2, -0.15) is 0 Å². The van der Waals surface area contributed by atoms with Crippen LogP contribution >= 0.6 is 0 Å². The second kappa shape index (κ2) is 5.24. The number of ether oxygens (including phenoxy) is 2. The van der Waals surface area contributed by atoms with Gasteiger partial charge < -0.3 is 14.4 Å². The molecule has 2 aromatic carbocycles. The van der Waals surface area contributed by atoms with Gasteiger partial charge in [-0.15, -0.1) is 0 Å². The number of methoxy groups -OCH3 is 1. The minimum Gasteiger partial charge on any atom is -0.468 e. The van der Waals surface area contributed by atoms with Crippen molar-refractivity contribution in [3.63, 3.8) is 0 Å². The first-order chi connectivity index (χ1) is 11.3. The molecule has 0 unspecified atom stereocenters. The van der Waals surface area contributed by atoms with Crippen LogP contribution in [-0.4, -0.2) is 29.6 Å². The Morgan fingerprint density at radius 3 is 2.57 bits per heavy atom. The molecule has 3 aromatic rings. The SMILES string of the molecule is COC(=O)CN1c2ccccc2Oc2nc3ccccc3nc21. The van der Waals surface area contributed by atoms with Crippen molar-refractivity contribution in [2.75, 3.05) is 18.6 Å². The fourth-order valence-corrected chi connectivity index (χ4v) is 2.56. The summed E-state index contributed by atoms with van der Waals surface area (Å²) in [6.07, 6.45) is 0. The van der Waals surface area contributed by atoms with Gasteiger partial charge >= 0.3 is 5.97 Å². The molecule has 6 heteroatoms. The Morgan fingerprint density at radius 1 is 1.09 bits per heavy atom. The fourth-order valence-electron chi connectivity index (χ4n) is 2.56. The molecule has 0 saturated carbocycles. The van der Waals surface area contributed by atoms with Gasteiger partial charge in [0.25, 0.3) is 5.88 Å². The van der Waals surface area contributed by atoms with E-state index in [1.165, 1.54) is 7.11 Å². The summed E-state index contributed by atoms with van der Waals surface area (Å²) in [6, 6.07) is 15.0. The van der Waals surface area contributed by atoms with E-state index in [0.717, 1.165) is 16.7 Å². The maximum absolute atomic E-state index is 11.8. The van der Waals surface area contributed by atoms with Gasteiger partial charge in [0, 0.05) is 0 Å². The van der Waals surface area contributed by atoms with Crippen LogP contribution in [0.5, 0.6) is 11.6 Å². The van der Waals surface area contributed by atoms with Crippen molar-refractivity contribution in [2.45, 2.75) is 0 Å². The molecule has 2 heterocycles. The lowest BCUT2D eigenvalue weighted by atomic mass is 10.2. The monoisotopic (exact) mass is 307 g/mol. The summed E-state index contributed by atoms with van der Waals surface area (Å²) in [5.74, 6) is 1.16. The largest absolute Gasteiger partial charge is 0.468 e. The molecule has 1 aliphatic rings. The van der Waals surface area contributed by atoms with Gasteiger partial charge in [0.05, 0.1) is 23.8 Å². The van der Waals surface area contributed by atoms with Gasteiger partial charge in [-0.05, 0) is 24.3 Å². The predicted octanol–water partition coefficient (Wildman–Crippen LogP) is 3.05. The molecule has 0 N–H and O–H groups in total. The number of esters is 1. The number of para-hydroxylation sites is 4. The number of benzene rings is 2. The van der Waals surface area contributed by atoms with Crippen LogP contribution in [0.2, 0.25) is 0 Å². The van der Waals surface area contributed by atoms with Crippen LogP contribution < -0.4 is 9.64 Å². The number of nitrogens with zero attached hydrogens (tertiary/aromatic N) is 3. The van der Waals surface area contributed by atoms with Crippen molar-refractivity contribution in [1.29, 1.82) is 0 Å². The molecular weight excluding hydrogens is 294 g/mol. The molecule has 0 saturated heterocycles. The van der Waals surface area contributed by atoms with Gasteiger partial charge in [0.1, 0.15) is 6.54 Å². The van der Waals surface area contributed by atoms with E-state index >= 15 is 0 Å². The van der Waals surface area contributed by atoms with E-state index < -0.39 is 0 Å². The third-order valence-corrected chi connectivity index (χ3v) is 3.65. The van der Waals surface area contributed by atoms with E-state index in [2.05, 4.69) is 9.97 Å². The third kappa shape index (κ3) is 2.24. The summed E-state index contributed by atoms with van der Waals surface area (Å²) >= 11 is 0. The molecule has 0 amide bonds. The van der Waals surface area contributed by atoms with Crippen LogP contribution in [0.25, 0.3) is 11.0 Å². The average molecular weight is 307 g/mol. The Labute approximate surface area is 132 Å². The van der Waals surface area contributed by atoms with Crippen molar-refractivity contribution in [3.8, 4) is 11.6 Å². The summed E-state index contributed by atoms with van der Waals surface area (Å²) in [6.45, 7) is 0.0386. The first kappa shape index (κ1) is 13.5. The van der Waals surface area contributed by atoms with Gasteiger partial charge in [-0.3, -0.25) is 4.79 Å². The molecule has 0 atom stereocenters. The van der Waals surface area contributed by atoms with Gasteiger partial charge in [0.15, 0.2) is 11.6 Å². The zero-order valence-corrected chi connectivity index (χ0v) is 12.4. The first-order valence-electron chi connectivity index (χ1n) is 7.14. The molecule has 1 aromatic heterocycles. The van der Waals surface area contributed by atoms with Crippen LogP contribution in [0, 0.1) is 0 Å². The van der Waals surface area contributed by atoms with Crippen LogP contribution in [0.1, 0.15) is 0 Å². The van der Waals surface area contributed by atoms with E-state index in [1.54, 1.807) is 4.90 Å². The molecule has 0 aliphatic carbocycles. The van der Waals surface area contributed by atoms with Crippen LogP contribution in [-0.2, 0) is 9.53 Å². The van der Waals surface area contributed by atoms with Crippen molar-refractivity contribution in [1.82, 2.24) is 9.97 Å². The van der Waals surface area contributed by atoms with E-state index in [-0.39, 0.29) is 12.5 Å². The Morgan fingerprint density at radius 2 is 1.78 bits per heavy atom. The number of aromatic nitrogens is 2. The van der Waals surface area contributed by atoms with Crippen molar-refractivity contribution >= 4 is 28.5 Å². The highest BCUT2D eigenvalue weighted by Gasteiger charge is 2.29. The second-order valence-corrected chi connectivity index (χ2v) is 5.07. The highest BCUT2D eigenvalue weighted by Crippen LogP contribution is 2.44. The highest BCUT2D eigenvalue weighted by atomic mass is 16.5. The maximum atomic E-state index is 11.8. The molecule has 4 rings (SSSR count). The van der Waals surface area contributed by atoms with Crippen molar-refractivity contribution in [3.05, 3.63) is 48.5 Å². The molecule has 0 fully saturated rings. The second-order valence-electron chi connectivity index (χ2n) is 5.07. The minimum atomic E-state index is -0.359. The highest BCUT2D eigenvalue weighted by molar-refractivity contribution is 5.86. The first-order valence-corrected chi connectivity index (χ1v) is 7.14. The van der Waals surface area contributed by atoms with Crippen LogP contribution in [0.15, 0.2) is 48.5 Å². The normalized spacial score (nSPS) is 12.3. The standard InChI is InChI=1S/C17H13N3O3/c1-22-15(21)10-20-13-8-4-5-9-14(13)23-17-16(20)18-11-6-2-3-7-12(11)19-17/h2-9H,10H2,1H3. The van der Waals surface area contributed by atoms with Crippen molar-refractivity contribution in [2.24, 2.45) is 0 Å². The van der Waals surface area contributed by atoms with Crippen molar-refractivity contribution < 1.29 is 14.3 Å². The fraction of sp³-hybridized carbons (Fsp3) is 0.118. The van der Waals surface area contributed by atoms with Crippen LogP contribution in [0.4, 0.5) is 11.5 Å². The van der Waals surface area contributed by atoms with E-state index in [4.69, 9.17) is 9.47 Å². The molecule has 1 aliphatic heterocycles. The van der Waals surface area contributed by atoms with Gasteiger partial charge in [-0.1, -0.05) is 24.3 Å². The lowest BCUT2D eigenvalue weighted by Crippen LogP contribution is -2.29. The Kier molecular flexibility index (Phi) is 3.08. The number of carbonyl (C=O) groups is 1. The number of rotatable bonds is 2. The number of anilines is 2. The number of hydrogen-bond donors (Lipinski definition) is 0. The summed E-state index contributed by atoms with van der Waals surface area (Å²) in [5.41, 5.74) is 2.24. The number of fused-ring (bicyclic) bond motifs is 3. The molecule has 114 valence electrons. The molecular formula is C17H13N3O3. The van der Waals surface area contributed by atoms with E-state index in [0.29, 0.717) is 17.4 Å².